The van der Waals surface area contributed by atoms with Gasteiger partial charge in [0, 0.05) is 17.6 Å². The summed E-state index contributed by atoms with van der Waals surface area (Å²) in [5.41, 5.74) is 0. The summed E-state index contributed by atoms with van der Waals surface area (Å²) in [7, 11) is 0. The van der Waals surface area contributed by atoms with E-state index in [1.165, 1.54) is 25.7 Å². The molecule has 1 heterocycles. The molecule has 2 unspecified atom stereocenters. The maximum atomic E-state index is 4.24. The molecule has 0 saturated heterocycles. The summed E-state index contributed by atoms with van der Waals surface area (Å²) in [6.45, 7) is 2.29. The highest BCUT2D eigenvalue weighted by Gasteiger charge is 2.23. The third kappa shape index (κ3) is 2.21. The van der Waals surface area contributed by atoms with Crippen molar-refractivity contribution in [2.75, 3.05) is 5.32 Å². The van der Waals surface area contributed by atoms with Crippen molar-refractivity contribution in [3.8, 4) is 0 Å². The van der Waals surface area contributed by atoms with Gasteiger partial charge in [0.15, 0.2) is 5.13 Å². The molecule has 1 N–H and O–H groups in total. The largest absolute Gasteiger partial charge is 0.359 e. The van der Waals surface area contributed by atoms with Gasteiger partial charge in [0.05, 0.1) is 0 Å². The van der Waals surface area contributed by atoms with Crippen LogP contribution in [0.4, 0.5) is 5.13 Å². The van der Waals surface area contributed by atoms with E-state index in [9.17, 15) is 0 Å². The minimum atomic E-state index is 0.677. The Morgan fingerprint density at radius 1 is 1.62 bits per heavy atom. The molecule has 1 aromatic rings. The fourth-order valence-corrected chi connectivity index (χ4v) is 2.65. The van der Waals surface area contributed by atoms with Crippen LogP contribution in [0.5, 0.6) is 0 Å². The maximum absolute atomic E-state index is 4.24. The second-order valence-electron chi connectivity index (χ2n) is 3.77. The Hall–Kier alpha value is -0.570. The van der Waals surface area contributed by atoms with Crippen LogP contribution in [0.3, 0.4) is 0 Å². The molecule has 1 saturated carbocycles. The number of hydrogen-bond acceptors (Lipinski definition) is 3. The van der Waals surface area contributed by atoms with Gasteiger partial charge in [0.2, 0.25) is 0 Å². The van der Waals surface area contributed by atoms with Gasteiger partial charge in [-0.05, 0) is 25.2 Å². The van der Waals surface area contributed by atoms with E-state index in [0.717, 1.165) is 11.0 Å². The molecule has 0 aliphatic heterocycles. The van der Waals surface area contributed by atoms with Crippen LogP contribution < -0.4 is 5.32 Å². The van der Waals surface area contributed by atoms with E-state index in [2.05, 4.69) is 17.2 Å². The van der Waals surface area contributed by atoms with E-state index in [0.29, 0.717) is 6.04 Å². The lowest BCUT2D eigenvalue weighted by molar-refractivity contribution is 0.525. The average molecular weight is 196 g/mol. The van der Waals surface area contributed by atoms with Gasteiger partial charge in [0.1, 0.15) is 0 Å². The number of nitrogens with one attached hydrogen (secondary N) is 1. The monoisotopic (exact) mass is 196 g/mol. The van der Waals surface area contributed by atoms with Gasteiger partial charge in [-0.15, -0.1) is 11.3 Å². The molecule has 1 fully saturated rings. The summed E-state index contributed by atoms with van der Waals surface area (Å²) in [5.74, 6) is 0.942. The van der Waals surface area contributed by atoms with Crippen LogP contribution in [0.2, 0.25) is 0 Å². The SMILES string of the molecule is CCC1CCC(Nc2nccs2)C1. The van der Waals surface area contributed by atoms with E-state index in [-0.39, 0.29) is 0 Å². The van der Waals surface area contributed by atoms with Gasteiger partial charge in [-0.1, -0.05) is 13.3 Å². The molecule has 0 radical (unpaired) electrons. The molecule has 1 aliphatic rings. The normalized spacial score (nSPS) is 27.8. The fourth-order valence-electron chi connectivity index (χ4n) is 2.05. The number of hydrogen-bond donors (Lipinski definition) is 1. The molecule has 3 heteroatoms. The zero-order chi connectivity index (χ0) is 9.10. The molecular formula is C10H16N2S. The second-order valence-corrected chi connectivity index (χ2v) is 4.66. The van der Waals surface area contributed by atoms with Crippen LogP contribution in [0.1, 0.15) is 32.6 Å². The predicted molar refractivity (Wildman–Crippen MR) is 57.2 cm³/mol. The lowest BCUT2D eigenvalue weighted by atomic mass is 10.1. The molecule has 2 atom stereocenters. The summed E-state index contributed by atoms with van der Waals surface area (Å²) in [4.78, 5) is 4.24. The Morgan fingerprint density at radius 3 is 3.15 bits per heavy atom. The van der Waals surface area contributed by atoms with E-state index < -0.39 is 0 Å². The van der Waals surface area contributed by atoms with Gasteiger partial charge in [-0.3, -0.25) is 0 Å². The summed E-state index contributed by atoms with van der Waals surface area (Å²) in [6.07, 6.45) is 7.23. The number of thiazole rings is 1. The summed E-state index contributed by atoms with van der Waals surface area (Å²) < 4.78 is 0. The van der Waals surface area contributed by atoms with Gasteiger partial charge in [-0.2, -0.15) is 0 Å². The highest BCUT2D eigenvalue weighted by Crippen LogP contribution is 2.30. The molecule has 0 bridgehead atoms. The third-order valence-electron chi connectivity index (χ3n) is 2.88. The highest BCUT2D eigenvalue weighted by molar-refractivity contribution is 7.13. The van der Waals surface area contributed by atoms with Gasteiger partial charge in [-0.25, -0.2) is 4.98 Å². The van der Waals surface area contributed by atoms with E-state index in [1.54, 1.807) is 11.3 Å². The van der Waals surface area contributed by atoms with Crippen molar-refractivity contribution in [2.45, 2.75) is 38.6 Å². The number of rotatable bonds is 3. The topological polar surface area (TPSA) is 24.9 Å². The molecular weight excluding hydrogens is 180 g/mol. The first-order valence-corrected chi connectivity index (χ1v) is 5.92. The fraction of sp³-hybridized carbons (Fsp3) is 0.700. The Bertz CT molecular complexity index is 245. The first-order valence-electron chi connectivity index (χ1n) is 5.04. The van der Waals surface area contributed by atoms with E-state index >= 15 is 0 Å². The summed E-state index contributed by atoms with van der Waals surface area (Å²) in [6, 6.07) is 0.677. The van der Waals surface area contributed by atoms with Crippen LogP contribution in [-0.2, 0) is 0 Å². The van der Waals surface area contributed by atoms with Crippen molar-refractivity contribution in [1.29, 1.82) is 0 Å². The van der Waals surface area contributed by atoms with Gasteiger partial charge < -0.3 is 5.32 Å². The number of nitrogens with zero attached hydrogens (tertiary/aromatic N) is 1. The van der Waals surface area contributed by atoms with Crippen molar-refractivity contribution in [3.05, 3.63) is 11.6 Å². The second kappa shape index (κ2) is 4.09. The van der Waals surface area contributed by atoms with Gasteiger partial charge >= 0.3 is 0 Å². The molecule has 2 nitrogen and oxygen atoms in total. The standard InChI is InChI=1S/C10H16N2S/c1-2-8-3-4-9(7-8)12-10-11-5-6-13-10/h5-6,8-9H,2-4,7H2,1H3,(H,11,12). The van der Waals surface area contributed by atoms with Crippen molar-refractivity contribution in [2.24, 2.45) is 5.92 Å². The zero-order valence-corrected chi connectivity index (χ0v) is 8.81. The molecule has 1 aromatic heterocycles. The van der Waals surface area contributed by atoms with Crippen LogP contribution >= 0.6 is 11.3 Å². The number of anilines is 1. The maximum Gasteiger partial charge on any atom is 0.182 e. The Balaban J connectivity index is 1.84. The van der Waals surface area contributed by atoms with Crippen molar-refractivity contribution >= 4 is 16.5 Å². The lowest BCUT2D eigenvalue weighted by Crippen LogP contribution is -2.15. The predicted octanol–water partition coefficient (Wildman–Crippen LogP) is 3.13. The van der Waals surface area contributed by atoms with Crippen LogP contribution in [-0.4, -0.2) is 11.0 Å². The molecule has 72 valence electrons. The summed E-state index contributed by atoms with van der Waals surface area (Å²) >= 11 is 1.70. The third-order valence-corrected chi connectivity index (χ3v) is 3.58. The van der Waals surface area contributed by atoms with Crippen molar-refractivity contribution in [3.63, 3.8) is 0 Å². The molecule has 13 heavy (non-hydrogen) atoms. The van der Waals surface area contributed by atoms with Crippen LogP contribution in [0.25, 0.3) is 0 Å². The molecule has 0 spiro atoms. The van der Waals surface area contributed by atoms with Gasteiger partial charge in [0.25, 0.3) is 0 Å². The Labute approximate surface area is 83.4 Å². The van der Waals surface area contributed by atoms with Crippen LogP contribution in [0.15, 0.2) is 11.6 Å². The first-order chi connectivity index (χ1) is 6.38. The van der Waals surface area contributed by atoms with E-state index in [1.807, 2.05) is 11.6 Å². The van der Waals surface area contributed by atoms with Crippen molar-refractivity contribution in [1.82, 2.24) is 4.98 Å². The Kier molecular flexibility index (Phi) is 2.83. The zero-order valence-electron chi connectivity index (χ0n) is 7.99. The molecule has 0 amide bonds. The number of aromatic nitrogens is 1. The van der Waals surface area contributed by atoms with E-state index in [4.69, 9.17) is 0 Å². The minimum absolute atomic E-state index is 0.677. The lowest BCUT2D eigenvalue weighted by Gasteiger charge is -2.10. The van der Waals surface area contributed by atoms with Crippen molar-refractivity contribution < 1.29 is 0 Å². The summed E-state index contributed by atoms with van der Waals surface area (Å²) in [5, 5.41) is 6.60. The Morgan fingerprint density at radius 2 is 2.54 bits per heavy atom. The minimum Gasteiger partial charge on any atom is -0.359 e. The molecule has 1 aliphatic carbocycles. The quantitative estimate of drug-likeness (QED) is 0.803. The molecule has 2 rings (SSSR count). The highest BCUT2D eigenvalue weighted by atomic mass is 32.1. The van der Waals surface area contributed by atoms with Crippen LogP contribution in [0, 0.1) is 5.92 Å². The average Bonchev–Trinajstić information content (AvgIpc) is 2.76. The molecule has 0 aromatic carbocycles. The first kappa shape index (κ1) is 9.00. The smallest absolute Gasteiger partial charge is 0.182 e.